The Hall–Kier alpha value is -2.92. The minimum Gasteiger partial charge on any atom is -0.394 e. The summed E-state index contributed by atoms with van der Waals surface area (Å²) in [6.45, 7) is -1.72. The lowest BCUT2D eigenvalue weighted by Crippen LogP contribution is -2.33. The third kappa shape index (κ3) is 3.04. The molecule has 1 amide bonds. The number of rotatable bonds is 4. The molecule has 1 saturated heterocycles. The number of hydrogen-bond donors (Lipinski definition) is 4. The molecule has 5 atom stereocenters. The number of aliphatic hydroxyl groups excluding tert-OH is 3. The van der Waals surface area contributed by atoms with Crippen LogP contribution in [0.2, 0.25) is 0 Å². The maximum Gasteiger partial charge on any atom is 0.256 e. The molecule has 0 aliphatic carbocycles. The van der Waals surface area contributed by atoms with E-state index in [9.17, 15) is 20.1 Å². The molecule has 0 bridgehead atoms. The second kappa shape index (κ2) is 7.00. The quantitative estimate of drug-likeness (QED) is 0.454. The summed E-state index contributed by atoms with van der Waals surface area (Å²) in [5.74, 6) is -0.206. The summed E-state index contributed by atoms with van der Waals surface area (Å²) in [6.07, 6.45) is -2.71. The Balaban J connectivity index is 1.65. The second-order valence-corrected chi connectivity index (χ2v) is 5.99. The van der Waals surface area contributed by atoms with Crippen molar-refractivity contribution < 1.29 is 26.2 Å². The standard InChI is InChI=1S/C17H17N5O5/c23-6-10-12(24)13(25)17(27-10)22-8-20-11-14(18-7-19-15(11)22)21-16(26)9-4-2-1-3-5-9/h1-5,7-8,10,12-13,17,23-25H,6H2,(H,18,19,21,26)/t10-,12-,13-,17-/m1/s1/i6+1D,10+1,12+1,13+1,17+1/t6?,10-,12-,13-,17-. The van der Waals surface area contributed by atoms with Crippen molar-refractivity contribution >= 4 is 22.9 Å². The fraction of sp³-hybridized carbons (Fsp3) is 0.294. The number of benzene rings is 1. The minimum absolute atomic E-state index is 0.169. The van der Waals surface area contributed by atoms with Gasteiger partial charge in [0, 0.05) is 5.56 Å². The Morgan fingerprint density at radius 1 is 1.22 bits per heavy atom. The van der Waals surface area contributed by atoms with Crippen molar-refractivity contribution in [3.05, 3.63) is 48.5 Å². The number of nitrogens with zero attached hydrogens (tertiary/aromatic N) is 4. The fourth-order valence-corrected chi connectivity index (χ4v) is 2.94. The lowest BCUT2D eigenvalue weighted by molar-refractivity contribution is -0.0511. The van der Waals surface area contributed by atoms with Crippen LogP contribution >= 0.6 is 0 Å². The van der Waals surface area contributed by atoms with Crippen LogP contribution in [0.25, 0.3) is 11.2 Å². The Kier molecular flexibility index (Phi) is 4.22. The fourth-order valence-electron chi connectivity index (χ4n) is 2.94. The molecule has 140 valence electrons. The molecule has 1 aliphatic heterocycles. The average molecular weight is 377 g/mol. The van der Waals surface area contributed by atoms with Crippen molar-refractivity contribution in [2.75, 3.05) is 11.9 Å². The van der Waals surface area contributed by atoms with Gasteiger partial charge in [-0.25, -0.2) is 15.0 Å². The van der Waals surface area contributed by atoms with Gasteiger partial charge in [0.1, 0.15) is 24.6 Å². The van der Waals surface area contributed by atoms with Crippen LogP contribution in [-0.4, -0.2) is 65.6 Å². The van der Waals surface area contributed by atoms with E-state index in [4.69, 9.17) is 6.11 Å². The van der Waals surface area contributed by atoms with Gasteiger partial charge in [-0.05, 0) is 12.1 Å². The highest BCUT2D eigenvalue weighted by molar-refractivity contribution is 6.06. The van der Waals surface area contributed by atoms with Crippen LogP contribution in [0.4, 0.5) is 5.82 Å². The summed E-state index contributed by atoms with van der Waals surface area (Å²) in [5, 5.41) is 32.3. The van der Waals surface area contributed by atoms with Crippen molar-refractivity contribution in [3.63, 3.8) is 0 Å². The lowest BCUT2D eigenvalue weighted by atomic mass is 10.2. The molecule has 1 aromatic carbocycles. The lowest BCUT2D eigenvalue weighted by Gasteiger charge is -2.16. The molecule has 2 aromatic heterocycles. The van der Waals surface area contributed by atoms with E-state index in [0.717, 1.165) is 0 Å². The predicted molar refractivity (Wildman–Crippen MR) is 92.7 cm³/mol. The molecular formula is C17H17N5O5. The summed E-state index contributed by atoms with van der Waals surface area (Å²) in [4.78, 5) is 24.7. The Labute approximate surface area is 154 Å². The first-order chi connectivity index (χ1) is 13.5. The molecule has 10 nitrogen and oxygen atoms in total. The Morgan fingerprint density at radius 2 is 2.00 bits per heavy atom. The van der Waals surface area contributed by atoms with Crippen molar-refractivity contribution in [1.29, 1.82) is 0 Å². The van der Waals surface area contributed by atoms with Gasteiger partial charge in [-0.2, -0.15) is 0 Å². The molecule has 1 aliphatic rings. The SMILES string of the molecule is [2H][13CH](O)[13C@H]1O[13C@@H](n2cnc3c(NC(=O)c4ccccc4)ncnc32)[13C@H](O)[13C@@H]1O. The van der Waals surface area contributed by atoms with E-state index in [1.54, 1.807) is 30.3 Å². The molecule has 10 heteroatoms. The van der Waals surface area contributed by atoms with E-state index in [-0.39, 0.29) is 22.9 Å². The average Bonchev–Trinajstić information content (AvgIpc) is 3.25. The zero-order valence-electron chi connectivity index (χ0n) is 14.9. The monoisotopic (exact) mass is 377 g/mol. The third-order valence-corrected chi connectivity index (χ3v) is 4.32. The Morgan fingerprint density at radius 3 is 2.70 bits per heavy atom. The van der Waals surface area contributed by atoms with Crippen LogP contribution in [0, 0.1) is 0 Å². The molecule has 4 N–H and O–H groups in total. The van der Waals surface area contributed by atoms with Gasteiger partial charge >= 0.3 is 0 Å². The van der Waals surface area contributed by atoms with Gasteiger partial charge in [-0.15, -0.1) is 0 Å². The molecule has 1 fully saturated rings. The van der Waals surface area contributed by atoms with E-state index < -0.39 is 31.1 Å². The Bertz CT molecular complexity index is 998. The van der Waals surface area contributed by atoms with Gasteiger partial charge in [-0.3, -0.25) is 9.36 Å². The van der Waals surface area contributed by atoms with E-state index in [2.05, 4.69) is 20.3 Å². The molecule has 0 saturated carbocycles. The van der Waals surface area contributed by atoms with Crippen LogP contribution < -0.4 is 5.32 Å². The van der Waals surface area contributed by atoms with Gasteiger partial charge in [0.15, 0.2) is 23.2 Å². The molecule has 3 heterocycles. The largest absolute Gasteiger partial charge is 0.394 e. The number of anilines is 1. The molecule has 4 rings (SSSR count). The molecule has 27 heavy (non-hydrogen) atoms. The van der Waals surface area contributed by atoms with Gasteiger partial charge < -0.3 is 25.4 Å². The minimum atomic E-state index is -1.72. The van der Waals surface area contributed by atoms with Gasteiger partial charge in [-0.1, -0.05) is 18.2 Å². The van der Waals surface area contributed by atoms with Crippen LogP contribution in [0.15, 0.2) is 43.0 Å². The summed E-state index contributed by atoms with van der Waals surface area (Å²) >= 11 is 0. The molecule has 3 aromatic rings. The number of amides is 1. The topological polar surface area (TPSA) is 143 Å². The maximum atomic E-state index is 12.4. The van der Waals surface area contributed by atoms with E-state index in [1.165, 1.54) is 17.2 Å². The van der Waals surface area contributed by atoms with Gasteiger partial charge in [0.2, 0.25) is 0 Å². The number of carbonyl (C=O) groups is 1. The van der Waals surface area contributed by atoms with E-state index in [1.807, 2.05) is 0 Å². The highest BCUT2D eigenvalue weighted by Gasteiger charge is 2.44. The van der Waals surface area contributed by atoms with Crippen molar-refractivity contribution in [1.82, 2.24) is 19.5 Å². The first-order valence-corrected chi connectivity index (χ1v) is 8.13. The number of imidazole rings is 1. The number of nitrogens with one attached hydrogen (secondary N) is 1. The number of carbonyl (C=O) groups excluding carboxylic acids is 1. The number of aliphatic hydroxyl groups is 3. The number of ether oxygens (including phenoxy) is 1. The third-order valence-electron chi connectivity index (χ3n) is 4.32. The molecular weight excluding hydrogens is 359 g/mol. The number of fused-ring (bicyclic) bond motifs is 1. The first kappa shape index (κ1) is 16.3. The van der Waals surface area contributed by atoms with Crippen LogP contribution in [0.5, 0.6) is 0 Å². The van der Waals surface area contributed by atoms with Crippen LogP contribution in [-0.2, 0) is 4.74 Å². The summed E-state index contributed by atoms with van der Waals surface area (Å²) in [6, 6.07) is 8.58. The van der Waals surface area contributed by atoms with Crippen LogP contribution in [0.1, 0.15) is 18.0 Å². The molecule has 1 unspecified atom stereocenters. The number of aromatic nitrogens is 4. The molecule has 0 radical (unpaired) electrons. The zero-order valence-corrected chi connectivity index (χ0v) is 13.9. The highest BCUT2D eigenvalue weighted by atomic mass is 16.8. The van der Waals surface area contributed by atoms with E-state index >= 15 is 0 Å². The first-order valence-electron chi connectivity index (χ1n) is 8.71. The maximum absolute atomic E-state index is 12.4. The van der Waals surface area contributed by atoms with Crippen LogP contribution in [0.3, 0.4) is 0 Å². The summed E-state index contributed by atoms with van der Waals surface area (Å²) < 4.78 is 14.1. The predicted octanol–water partition coefficient (Wildman–Crippen LogP) is -0.310. The zero-order chi connectivity index (χ0) is 19.8. The molecule has 0 spiro atoms. The second-order valence-electron chi connectivity index (χ2n) is 5.99. The smallest absolute Gasteiger partial charge is 0.256 e. The summed E-state index contributed by atoms with van der Waals surface area (Å²) in [7, 11) is 0. The number of hydrogen-bond acceptors (Lipinski definition) is 8. The van der Waals surface area contributed by atoms with Gasteiger partial charge in [0.05, 0.1) is 14.3 Å². The summed E-state index contributed by atoms with van der Waals surface area (Å²) in [5.41, 5.74) is 0.945. The highest BCUT2D eigenvalue weighted by Crippen LogP contribution is 2.32. The van der Waals surface area contributed by atoms with Crippen molar-refractivity contribution in [2.45, 2.75) is 24.5 Å². The van der Waals surface area contributed by atoms with Crippen molar-refractivity contribution in [2.24, 2.45) is 0 Å². The van der Waals surface area contributed by atoms with E-state index in [0.29, 0.717) is 5.56 Å². The normalized spacial score (nSPS) is 26.7. The van der Waals surface area contributed by atoms with Gasteiger partial charge in [0.25, 0.3) is 5.91 Å². The van der Waals surface area contributed by atoms with Crippen molar-refractivity contribution in [3.8, 4) is 0 Å².